The second-order valence-corrected chi connectivity index (χ2v) is 4.97. The van der Waals surface area contributed by atoms with Gasteiger partial charge in [-0.2, -0.15) is 13.2 Å². The van der Waals surface area contributed by atoms with Gasteiger partial charge in [-0.25, -0.2) is 9.37 Å². The first-order chi connectivity index (χ1) is 10.8. The molecule has 1 aromatic heterocycles. The Kier molecular flexibility index (Phi) is 5.02. The van der Waals surface area contributed by atoms with E-state index in [-0.39, 0.29) is 12.1 Å². The number of rotatable bonds is 5. The van der Waals surface area contributed by atoms with Crippen LogP contribution in [0.25, 0.3) is 0 Å². The molecule has 0 radical (unpaired) electrons. The summed E-state index contributed by atoms with van der Waals surface area (Å²) >= 11 is 0. The maximum atomic E-state index is 13.2. The summed E-state index contributed by atoms with van der Waals surface area (Å²) in [4.78, 5) is 15.9. The molecular formula is C15H15F4N3O. The van der Waals surface area contributed by atoms with Gasteiger partial charge in [0.2, 0.25) is 0 Å². The first kappa shape index (κ1) is 17.0. The lowest BCUT2D eigenvalue weighted by atomic mass is 10.1. The Labute approximate surface area is 130 Å². The van der Waals surface area contributed by atoms with E-state index in [9.17, 15) is 22.4 Å². The summed E-state index contributed by atoms with van der Waals surface area (Å²) in [6.07, 6.45) is -0.784. The van der Waals surface area contributed by atoms with Crippen molar-refractivity contribution in [2.24, 2.45) is 0 Å². The van der Waals surface area contributed by atoms with E-state index in [0.717, 1.165) is 11.9 Å². The third kappa shape index (κ3) is 4.30. The fraction of sp³-hybridized carbons (Fsp3) is 0.333. The smallest absolute Gasteiger partial charge is 0.352 e. The van der Waals surface area contributed by atoms with Gasteiger partial charge in [-0.3, -0.25) is 4.79 Å². The lowest BCUT2D eigenvalue weighted by Crippen LogP contribution is -2.26. The highest BCUT2D eigenvalue weighted by atomic mass is 19.4. The molecule has 1 heterocycles. The quantitative estimate of drug-likeness (QED) is 0.676. The van der Waals surface area contributed by atoms with E-state index in [2.05, 4.69) is 10.3 Å². The number of aromatic nitrogens is 2. The van der Waals surface area contributed by atoms with E-state index >= 15 is 0 Å². The van der Waals surface area contributed by atoms with Crippen molar-refractivity contribution in [1.82, 2.24) is 14.9 Å². The van der Waals surface area contributed by atoms with Crippen molar-refractivity contribution < 1.29 is 22.4 Å². The molecular weight excluding hydrogens is 314 g/mol. The second-order valence-electron chi connectivity index (χ2n) is 4.97. The summed E-state index contributed by atoms with van der Waals surface area (Å²) in [7, 11) is 0. The van der Waals surface area contributed by atoms with E-state index in [4.69, 9.17) is 0 Å². The Hall–Kier alpha value is -2.38. The predicted octanol–water partition coefficient (Wildman–Crippen LogP) is 3.17. The molecule has 0 unspecified atom stereocenters. The highest BCUT2D eigenvalue weighted by Gasteiger charge is 2.34. The van der Waals surface area contributed by atoms with E-state index in [1.807, 2.05) is 11.5 Å². The highest BCUT2D eigenvalue weighted by molar-refractivity contribution is 5.94. The molecule has 0 bridgehead atoms. The Morgan fingerprint density at radius 1 is 1.35 bits per heavy atom. The molecule has 8 heteroatoms. The van der Waals surface area contributed by atoms with Gasteiger partial charge in [0.05, 0.1) is 5.56 Å². The molecule has 1 amide bonds. The van der Waals surface area contributed by atoms with Crippen molar-refractivity contribution in [1.29, 1.82) is 0 Å². The average molecular weight is 329 g/mol. The van der Waals surface area contributed by atoms with Crippen molar-refractivity contribution in [2.75, 3.05) is 6.54 Å². The van der Waals surface area contributed by atoms with Gasteiger partial charge >= 0.3 is 6.18 Å². The largest absolute Gasteiger partial charge is 0.419 e. The van der Waals surface area contributed by atoms with Crippen LogP contribution in [0.3, 0.4) is 0 Å². The molecule has 1 aromatic carbocycles. The van der Waals surface area contributed by atoms with Gasteiger partial charge in [-0.1, -0.05) is 0 Å². The van der Waals surface area contributed by atoms with Gasteiger partial charge in [0.1, 0.15) is 11.6 Å². The van der Waals surface area contributed by atoms with Crippen molar-refractivity contribution in [3.8, 4) is 0 Å². The number of aryl methyl sites for hydroxylation is 2. The van der Waals surface area contributed by atoms with Crippen molar-refractivity contribution in [3.05, 3.63) is 53.4 Å². The number of hydrogen-bond acceptors (Lipinski definition) is 2. The number of alkyl halides is 3. The predicted molar refractivity (Wildman–Crippen MR) is 75.3 cm³/mol. The van der Waals surface area contributed by atoms with Gasteiger partial charge in [0, 0.05) is 31.0 Å². The first-order valence-electron chi connectivity index (χ1n) is 6.91. The molecule has 4 nitrogen and oxygen atoms in total. The Bertz CT molecular complexity index is 694. The number of benzene rings is 1. The number of carbonyl (C=O) groups is 1. The van der Waals surface area contributed by atoms with Crippen LogP contribution in [0, 0.1) is 12.7 Å². The molecule has 0 fully saturated rings. The zero-order chi connectivity index (χ0) is 17.0. The number of amides is 1. The average Bonchev–Trinajstić information content (AvgIpc) is 2.88. The number of nitrogens with one attached hydrogen (secondary N) is 1. The maximum Gasteiger partial charge on any atom is 0.419 e. The van der Waals surface area contributed by atoms with E-state index in [1.165, 1.54) is 0 Å². The van der Waals surface area contributed by atoms with Gasteiger partial charge in [-0.15, -0.1) is 0 Å². The molecule has 0 atom stereocenters. The Morgan fingerprint density at radius 3 is 2.70 bits per heavy atom. The zero-order valence-corrected chi connectivity index (χ0v) is 12.3. The molecule has 23 heavy (non-hydrogen) atoms. The lowest BCUT2D eigenvalue weighted by Gasteiger charge is -2.11. The summed E-state index contributed by atoms with van der Waals surface area (Å²) in [6.45, 7) is 2.76. The molecule has 0 aliphatic heterocycles. The summed E-state index contributed by atoms with van der Waals surface area (Å²) in [6, 6.07) is 2.19. The van der Waals surface area contributed by atoms with Crippen LogP contribution >= 0.6 is 0 Å². The van der Waals surface area contributed by atoms with Crippen LogP contribution < -0.4 is 5.32 Å². The van der Waals surface area contributed by atoms with Crippen LogP contribution in [0.15, 0.2) is 30.6 Å². The number of halogens is 4. The number of imidazole rings is 1. The number of carbonyl (C=O) groups excluding carboxylic acids is 1. The molecule has 0 aliphatic rings. The summed E-state index contributed by atoms with van der Waals surface area (Å²) < 4.78 is 52.9. The summed E-state index contributed by atoms with van der Waals surface area (Å²) in [5, 5.41) is 2.52. The Morgan fingerprint density at radius 2 is 2.09 bits per heavy atom. The third-order valence-corrected chi connectivity index (χ3v) is 3.32. The van der Waals surface area contributed by atoms with E-state index < -0.39 is 23.5 Å². The minimum absolute atomic E-state index is 0.225. The normalized spacial score (nSPS) is 11.5. The SMILES string of the molecule is Cc1nccn1CCCNC(=O)c1ccc(F)c(C(F)(F)F)c1. The molecule has 0 saturated carbocycles. The summed E-state index contributed by atoms with van der Waals surface area (Å²) in [5.74, 6) is -1.23. The molecule has 2 aromatic rings. The highest BCUT2D eigenvalue weighted by Crippen LogP contribution is 2.31. The standard InChI is InChI=1S/C15H15F4N3O/c1-10-20-6-8-22(10)7-2-5-21-14(23)11-3-4-13(16)12(9-11)15(17,18)19/h3-4,6,8-9H,2,5,7H2,1H3,(H,21,23). The van der Waals surface area contributed by atoms with Crippen molar-refractivity contribution in [3.63, 3.8) is 0 Å². The van der Waals surface area contributed by atoms with Crippen LogP contribution in [-0.2, 0) is 12.7 Å². The molecule has 1 N–H and O–H groups in total. The maximum absolute atomic E-state index is 13.2. The fourth-order valence-electron chi connectivity index (χ4n) is 2.08. The van der Waals surface area contributed by atoms with Crippen molar-refractivity contribution in [2.45, 2.75) is 26.1 Å². The van der Waals surface area contributed by atoms with Crippen LogP contribution in [0.1, 0.15) is 28.2 Å². The molecule has 0 spiro atoms. The molecule has 2 rings (SSSR count). The molecule has 0 saturated heterocycles. The van der Waals surface area contributed by atoms with Crippen LogP contribution in [0.4, 0.5) is 17.6 Å². The minimum atomic E-state index is -4.83. The van der Waals surface area contributed by atoms with Crippen LogP contribution in [0.5, 0.6) is 0 Å². The molecule has 124 valence electrons. The van der Waals surface area contributed by atoms with Crippen LogP contribution in [0.2, 0.25) is 0 Å². The van der Waals surface area contributed by atoms with Crippen molar-refractivity contribution >= 4 is 5.91 Å². The zero-order valence-electron chi connectivity index (χ0n) is 12.3. The van der Waals surface area contributed by atoms with Crippen LogP contribution in [-0.4, -0.2) is 22.0 Å². The third-order valence-electron chi connectivity index (χ3n) is 3.32. The second kappa shape index (κ2) is 6.80. The monoisotopic (exact) mass is 329 g/mol. The van der Waals surface area contributed by atoms with Gasteiger partial charge in [0.25, 0.3) is 5.91 Å². The Balaban J connectivity index is 1.92. The van der Waals surface area contributed by atoms with Gasteiger partial charge in [-0.05, 0) is 31.5 Å². The number of nitrogens with zero attached hydrogens (tertiary/aromatic N) is 2. The van der Waals surface area contributed by atoms with Gasteiger partial charge < -0.3 is 9.88 Å². The van der Waals surface area contributed by atoms with E-state index in [1.54, 1.807) is 12.4 Å². The topological polar surface area (TPSA) is 46.9 Å². The minimum Gasteiger partial charge on any atom is -0.352 e. The fourth-order valence-corrected chi connectivity index (χ4v) is 2.08. The first-order valence-corrected chi connectivity index (χ1v) is 6.91. The lowest BCUT2D eigenvalue weighted by molar-refractivity contribution is -0.140. The van der Waals surface area contributed by atoms with E-state index in [0.29, 0.717) is 25.1 Å². The number of hydrogen-bond donors (Lipinski definition) is 1. The summed E-state index contributed by atoms with van der Waals surface area (Å²) in [5.41, 5.74) is -1.67. The van der Waals surface area contributed by atoms with Gasteiger partial charge in [0.15, 0.2) is 0 Å². The molecule has 0 aliphatic carbocycles.